The predicted molar refractivity (Wildman–Crippen MR) is 87.0 cm³/mol. The molecular weight excluding hydrogens is 280 g/mol. The van der Waals surface area contributed by atoms with Crippen molar-refractivity contribution < 1.29 is 4.74 Å². The molecule has 112 valence electrons. The van der Waals surface area contributed by atoms with E-state index in [1.54, 1.807) is 11.3 Å². The molecule has 3 nitrogen and oxygen atoms in total. The van der Waals surface area contributed by atoms with E-state index in [1.807, 2.05) is 0 Å². The van der Waals surface area contributed by atoms with Crippen molar-refractivity contribution in [2.75, 3.05) is 6.54 Å². The molecule has 1 aliphatic rings. The summed E-state index contributed by atoms with van der Waals surface area (Å²) in [5, 5.41) is 6.81. The van der Waals surface area contributed by atoms with Gasteiger partial charge in [-0.05, 0) is 49.1 Å². The smallest absolute Gasteiger partial charge is 0.131 e. The Balaban J connectivity index is 1.65. The molecule has 1 heterocycles. The number of thiazole rings is 1. The van der Waals surface area contributed by atoms with Gasteiger partial charge < -0.3 is 10.1 Å². The number of aromatic nitrogens is 1. The maximum atomic E-state index is 5.89. The number of fused-ring (bicyclic) bond motifs is 1. The molecule has 0 saturated heterocycles. The molecule has 1 aromatic carbocycles. The summed E-state index contributed by atoms with van der Waals surface area (Å²) in [6, 6.07) is 7.01. The number of ether oxygens (including phenoxy) is 1. The maximum absolute atomic E-state index is 5.89. The van der Waals surface area contributed by atoms with Crippen LogP contribution >= 0.6 is 11.3 Å². The molecule has 1 atom stereocenters. The molecule has 2 aromatic rings. The van der Waals surface area contributed by atoms with Crippen molar-refractivity contribution in [2.45, 2.75) is 45.8 Å². The predicted octanol–water partition coefficient (Wildman–Crippen LogP) is 3.88. The fourth-order valence-corrected chi connectivity index (χ4v) is 3.61. The summed E-state index contributed by atoms with van der Waals surface area (Å²) in [5.74, 6) is 0.956. The van der Waals surface area contributed by atoms with Crippen molar-refractivity contribution in [3.8, 4) is 5.75 Å². The van der Waals surface area contributed by atoms with Gasteiger partial charge in [-0.1, -0.05) is 19.9 Å². The molecule has 3 rings (SSSR count). The molecule has 1 aromatic heterocycles. The van der Waals surface area contributed by atoms with Crippen molar-refractivity contribution in [3.05, 3.63) is 45.4 Å². The minimum atomic E-state index is 0.518. The van der Waals surface area contributed by atoms with Gasteiger partial charge in [0.25, 0.3) is 0 Å². The minimum Gasteiger partial charge on any atom is -0.487 e. The Hall–Kier alpha value is -1.39. The summed E-state index contributed by atoms with van der Waals surface area (Å²) in [6.07, 6.45) is 3.33. The standard InChI is InChI=1S/C17H22N2OS/c1-3-17-19-13(11-21-17)10-20-14-6-7-15-12(9-14)5-8-16(15)18-4-2/h6-7,9,11,16,18H,3-5,8,10H2,1-2H3. The molecule has 0 bridgehead atoms. The van der Waals surface area contributed by atoms with Gasteiger partial charge >= 0.3 is 0 Å². The number of nitrogens with one attached hydrogen (secondary N) is 1. The highest BCUT2D eigenvalue weighted by molar-refractivity contribution is 7.09. The van der Waals surface area contributed by atoms with Crippen molar-refractivity contribution in [2.24, 2.45) is 0 Å². The molecule has 21 heavy (non-hydrogen) atoms. The average Bonchev–Trinajstić information content (AvgIpc) is 3.12. The molecule has 4 heteroatoms. The topological polar surface area (TPSA) is 34.1 Å². The van der Waals surface area contributed by atoms with E-state index < -0.39 is 0 Å². The van der Waals surface area contributed by atoms with Gasteiger partial charge in [-0.25, -0.2) is 4.98 Å². The molecule has 0 saturated carbocycles. The van der Waals surface area contributed by atoms with E-state index in [4.69, 9.17) is 4.74 Å². The summed E-state index contributed by atoms with van der Waals surface area (Å²) in [6.45, 7) is 5.87. The van der Waals surface area contributed by atoms with Gasteiger partial charge in [0.2, 0.25) is 0 Å². The average molecular weight is 302 g/mol. The Labute approximate surface area is 130 Å². The normalized spacial score (nSPS) is 17.0. The first-order valence-corrected chi connectivity index (χ1v) is 8.60. The number of aryl methyl sites for hydroxylation is 2. The Morgan fingerprint density at radius 1 is 1.38 bits per heavy atom. The van der Waals surface area contributed by atoms with Crippen LogP contribution in [0.4, 0.5) is 0 Å². The van der Waals surface area contributed by atoms with Gasteiger partial charge in [-0.3, -0.25) is 0 Å². The Morgan fingerprint density at radius 3 is 3.05 bits per heavy atom. The van der Waals surface area contributed by atoms with E-state index in [1.165, 1.54) is 22.6 Å². The van der Waals surface area contributed by atoms with Gasteiger partial charge in [0.1, 0.15) is 12.4 Å². The van der Waals surface area contributed by atoms with Crippen LogP contribution in [0, 0.1) is 0 Å². The quantitative estimate of drug-likeness (QED) is 0.879. The first-order chi connectivity index (χ1) is 10.3. The molecular formula is C17H22N2OS. The molecule has 0 radical (unpaired) electrons. The van der Waals surface area contributed by atoms with Crippen LogP contribution in [-0.4, -0.2) is 11.5 Å². The molecule has 1 unspecified atom stereocenters. The van der Waals surface area contributed by atoms with Crippen LogP contribution in [-0.2, 0) is 19.4 Å². The van der Waals surface area contributed by atoms with Crippen molar-refractivity contribution in [1.82, 2.24) is 10.3 Å². The van der Waals surface area contributed by atoms with Crippen molar-refractivity contribution in [1.29, 1.82) is 0 Å². The lowest BCUT2D eigenvalue weighted by molar-refractivity contribution is 0.301. The van der Waals surface area contributed by atoms with E-state index in [2.05, 4.69) is 47.7 Å². The Morgan fingerprint density at radius 2 is 2.29 bits per heavy atom. The van der Waals surface area contributed by atoms with Crippen LogP contribution in [0.25, 0.3) is 0 Å². The second-order valence-electron chi connectivity index (χ2n) is 5.38. The van der Waals surface area contributed by atoms with Crippen LogP contribution in [0.5, 0.6) is 5.75 Å². The van der Waals surface area contributed by atoms with Crippen LogP contribution in [0.2, 0.25) is 0 Å². The molecule has 0 aliphatic heterocycles. The highest BCUT2D eigenvalue weighted by Gasteiger charge is 2.21. The first kappa shape index (κ1) is 14.5. The maximum Gasteiger partial charge on any atom is 0.131 e. The SMILES string of the molecule is CCNC1CCc2cc(OCc3csc(CC)n3)ccc21. The number of benzene rings is 1. The zero-order valence-corrected chi connectivity index (χ0v) is 13.5. The van der Waals surface area contributed by atoms with Gasteiger partial charge in [-0.2, -0.15) is 0 Å². The number of rotatable bonds is 6. The molecule has 0 fully saturated rings. The summed E-state index contributed by atoms with van der Waals surface area (Å²) >= 11 is 1.71. The monoisotopic (exact) mass is 302 g/mol. The van der Waals surface area contributed by atoms with Crippen molar-refractivity contribution in [3.63, 3.8) is 0 Å². The van der Waals surface area contributed by atoms with E-state index in [-0.39, 0.29) is 0 Å². The number of hydrogen-bond donors (Lipinski definition) is 1. The molecule has 1 aliphatic carbocycles. The highest BCUT2D eigenvalue weighted by Crippen LogP contribution is 2.33. The van der Waals surface area contributed by atoms with Crippen LogP contribution in [0.15, 0.2) is 23.6 Å². The fraction of sp³-hybridized carbons (Fsp3) is 0.471. The third kappa shape index (κ3) is 3.27. The third-order valence-corrected chi connectivity index (χ3v) is 4.97. The number of nitrogens with zero attached hydrogens (tertiary/aromatic N) is 1. The zero-order valence-electron chi connectivity index (χ0n) is 12.7. The largest absolute Gasteiger partial charge is 0.487 e. The first-order valence-electron chi connectivity index (χ1n) is 7.72. The number of hydrogen-bond acceptors (Lipinski definition) is 4. The fourth-order valence-electron chi connectivity index (χ4n) is 2.88. The van der Waals surface area contributed by atoms with Crippen LogP contribution in [0.1, 0.15) is 48.1 Å². The van der Waals surface area contributed by atoms with Gasteiger partial charge in [0.15, 0.2) is 0 Å². The third-order valence-electron chi connectivity index (χ3n) is 3.93. The van der Waals surface area contributed by atoms with Crippen LogP contribution < -0.4 is 10.1 Å². The second-order valence-corrected chi connectivity index (χ2v) is 6.33. The van der Waals surface area contributed by atoms with E-state index >= 15 is 0 Å². The molecule has 0 spiro atoms. The van der Waals surface area contributed by atoms with Gasteiger partial charge in [0, 0.05) is 11.4 Å². The van der Waals surface area contributed by atoms with E-state index in [0.29, 0.717) is 12.6 Å². The van der Waals surface area contributed by atoms with Gasteiger partial charge in [-0.15, -0.1) is 11.3 Å². The minimum absolute atomic E-state index is 0.518. The second kappa shape index (κ2) is 6.58. The zero-order chi connectivity index (χ0) is 14.7. The van der Waals surface area contributed by atoms with E-state index in [0.717, 1.165) is 30.8 Å². The summed E-state index contributed by atoms with van der Waals surface area (Å²) in [7, 11) is 0. The highest BCUT2D eigenvalue weighted by atomic mass is 32.1. The van der Waals surface area contributed by atoms with Gasteiger partial charge in [0.05, 0.1) is 10.7 Å². The summed E-state index contributed by atoms with van der Waals surface area (Å²) < 4.78 is 5.89. The summed E-state index contributed by atoms with van der Waals surface area (Å²) in [5.41, 5.74) is 3.89. The lowest BCUT2D eigenvalue weighted by Gasteiger charge is -2.13. The Bertz CT molecular complexity index is 609. The summed E-state index contributed by atoms with van der Waals surface area (Å²) in [4.78, 5) is 4.54. The van der Waals surface area contributed by atoms with Crippen molar-refractivity contribution >= 4 is 11.3 Å². The van der Waals surface area contributed by atoms with Crippen LogP contribution in [0.3, 0.4) is 0 Å². The molecule has 1 N–H and O–H groups in total. The Kier molecular flexibility index (Phi) is 4.56. The lowest BCUT2D eigenvalue weighted by Crippen LogP contribution is -2.18. The lowest BCUT2D eigenvalue weighted by atomic mass is 10.1. The molecule has 0 amide bonds. The van der Waals surface area contributed by atoms with E-state index in [9.17, 15) is 0 Å².